The first-order chi connectivity index (χ1) is 6.92. The van der Waals surface area contributed by atoms with Crippen molar-refractivity contribution in [1.82, 2.24) is 5.32 Å². The Labute approximate surface area is 81.7 Å². The minimum atomic E-state index is 0.375. The molecule has 1 aromatic heterocycles. The largest absolute Gasteiger partial charge is 0.464 e. The molecule has 0 aliphatic heterocycles. The first-order valence-corrected chi connectivity index (χ1v) is 4.51. The van der Waals surface area contributed by atoms with Crippen LogP contribution in [0.3, 0.4) is 0 Å². The zero-order chi connectivity index (χ0) is 9.80. The fourth-order valence-electron chi connectivity index (χ4n) is 1.44. The van der Waals surface area contributed by atoms with E-state index in [1.165, 1.54) is 0 Å². The van der Waals surface area contributed by atoms with E-state index in [2.05, 4.69) is 5.32 Å². The van der Waals surface area contributed by atoms with Crippen LogP contribution < -0.4 is 5.32 Å². The van der Waals surface area contributed by atoms with E-state index in [0.717, 1.165) is 22.8 Å². The number of hydrogen-bond donors (Lipinski definition) is 1. The molecule has 0 fully saturated rings. The smallest absolute Gasteiger partial charge is 0.134 e. The minimum Gasteiger partial charge on any atom is -0.464 e. The van der Waals surface area contributed by atoms with Gasteiger partial charge in [-0.3, -0.25) is 0 Å². The van der Waals surface area contributed by atoms with E-state index in [9.17, 15) is 4.79 Å². The van der Waals surface area contributed by atoms with Gasteiger partial charge in [-0.1, -0.05) is 18.2 Å². The molecule has 0 saturated carbocycles. The van der Waals surface area contributed by atoms with Crippen LogP contribution in [0.15, 0.2) is 34.9 Å². The van der Waals surface area contributed by atoms with E-state index in [4.69, 9.17) is 4.42 Å². The Kier molecular flexibility index (Phi) is 2.60. The summed E-state index contributed by atoms with van der Waals surface area (Å²) in [4.78, 5) is 10.1. The molecule has 0 unspecified atom stereocenters. The lowest BCUT2D eigenvalue weighted by molar-refractivity contribution is -0.107. The number of rotatable bonds is 4. The molecule has 0 amide bonds. The van der Waals surface area contributed by atoms with Gasteiger partial charge < -0.3 is 14.5 Å². The Balaban J connectivity index is 2.20. The lowest BCUT2D eigenvalue weighted by Gasteiger charge is -1.96. The Hall–Kier alpha value is -1.61. The average molecular weight is 189 g/mol. The van der Waals surface area contributed by atoms with Crippen LogP contribution >= 0.6 is 0 Å². The lowest BCUT2D eigenvalue weighted by atomic mass is 10.2. The average Bonchev–Trinajstić information content (AvgIpc) is 2.63. The van der Waals surface area contributed by atoms with Crippen molar-refractivity contribution in [2.24, 2.45) is 0 Å². The predicted molar refractivity (Wildman–Crippen MR) is 54.0 cm³/mol. The molecule has 0 atom stereocenters. The first kappa shape index (κ1) is 8.97. The minimum absolute atomic E-state index is 0.375. The standard InChI is InChI=1S/C11H11NO2/c13-6-5-12-7-9-8-14-11-4-2-1-3-10(9)11/h1-4,6,8,12H,5,7H2. The van der Waals surface area contributed by atoms with Crippen molar-refractivity contribution >= 4 is 17.3 Å². The molecule has 0 radical (unpaired) electrons. The third kappa shape index (κ3) is 1.67. The molecule has 1 aromatic carbocycles. The molecule has 0 aliphatic rings. The predicted octanol–water partition coefficient (Wildman–Crippen LogP) is 1.72. The van der Waals surface area contributed by atoms with Crippen molar-refractivity contribution in [3.8, 4) is 0 Å². The third-order valence-electron chi connectivity index (χ3n) is 2.10. The van der Waals surface area contributed by atoms with Gasteiger partial charge >= 0.3 is 0 Å². The Morgan fingerprint density at radius 2 is 2.21 bits per heavy atom. The molecule has 14 heavy (non-hydrogen) atoms. The van der Waals surface area contributed by atoms with Crippen LogP contribution in [-0.2, 0) is 11.3 Å². The van der Waals surface area contributed by atoms with Gasteiger partial charge in [0.2, 0.25) is 0 Å². The summed E-state index contributed by atoms with van der Waals surface area (Å²) in [5.41, 5.74) is 1.97. The highest BCUT2D eigenvalue weighted by molar-refractivity contribution is 5.80. The summed E-state index contributed by atoms with van der Waals surface area (Å²) in [6.45, 7) is 1.04. The van der Waals surface area contributed by atoms with E-state index in [1.54, 1.807) is 6.26 Å². The maximum atomic E-state index is 10.1. The number of nitrogens with one attached hydrogen (secondary N) is 1. The summed E-state index contributed by atoms with van der Waals surface area (Å²) < 4.78 is 5.35. The van der Waals surface area contributed by atoms with Crippen molar-refractivity contribution < 1.29 is 9.21 Å². The van der Waals surface area contributed by atoms with Crippen LogP contribution in [0.1, 0.15) is 5.56 Å². The summed E-state index contributed by atoms with van der Waals surface area (Å²) >= 11 is 0. The zero-order valence-corrected chi connectivity index (χ0v) is 7.69. The van der Waals surface area contributed by atoms with Crippen LogP contribution in [0, 0.1) is 0 Å². The molecular formula is C11H11NO2. The van der Waals surface area contributed by atoms with E-state index in [0.29, 0.717) is 13.1 Å². The number of para-hydroxylation sites is 1. The Bertz CT molecular complexity index is 434. The highest BCUT2D eigenvalue weighted by atomic mass is 16.3. The lowest BCUT2D eigenvalue weighted by Crippen LogP contribution is -2.14. The fourth-order valence-corrected chi connectivity index (χ4v) is 1.44. The van der Waals surface area contributed by atoms with Crippen molar-refractivity contribution in [2.75, 3.05) is 6.54 Å². The van der Waals surface area contributed by atoms with Gasteiger partial charge in [0.25, 0.3) is 0 Å². The molecule has 0 saturated heterocycles. The monoisotopic (exact) mass is 189 g/mol. The molecule has 1 N–H and O–H groups in total. The van der Waals surface area contributed by atoms with Gasteiger partial charge in [0, 0.05) is 17.5 Å². The summed E-state index contributed by atoms with van der Waals surface area (Å²) in [6.07, 6.45) is 2.57. The molecule has 0 bridgehead atoms. The van der Waals surface area contributed by atoms with Gasteiger partial charge in [-0.25, -0.2) is 0 Å². The first-order valence-electron chi connectivity index (χ1n) is 4.51. The number of hydrogen-bond acceptors (Lipinski definition) is 3. The van der Waals surface area contributed by atoms with Crippen molar-refractivity contribution in [2.45, 2.75) is 6.54 Å². The van der Waals surface area contributed by atoms with E-state index in [-0.39, 0.29) is 0 Å². The Morgan fingerprint density at radius 3 is 3.07 bits per heavy atom. The van der Waals surface area contributed by atoms with Crippen LogP contribution in [0.25, 0.3) is 11.0 Å². The highest BCUT2D eigenvalue weighted by Crippen LogP contribution is 2.20. The molecule has 3 nitrogen and oxygen atoms in total. The SMILES string of the molecule is O=CCNCc1coc2ccccc12. The van der Waals surface area contributed by atoms with Gasteiger partial charge in [0.15, 0.2) is 0 Å². The number of carbonyl (C=O) groups is 1. The van der Waals surface area contributed by atoms with E-state index in [1.807, 2.05) is 24.3 Å². The normalized spacial score (nSPS) is 10.6. The maximum absolute atomic E-state index is 10.1. The summed E-state index contributed by atoms with van der Waals surface area (Å²) in [5.74, 6) is 0. The van der Waals surface area contributed by atoms with Crippen molar-refractivity contribution in [1.29, 1.82) is 0 Å². The van der Waals surface area contributed by atoms with Crippen LogP contribution in [0.4, 0.5) is 0 Å². The second-order valence-electron chi connectivity index (χ2n) is 3.05. The Morgan fingerprint density at radius 1 is 1.36 bits per heavy atom. The van der Waals surface area contributed by atoms with Crippen LogP contribution in [0.5, 0.6) is 0 Å². The van der Waals surface area contributed by atoms with Crippen molar-refractivity contribution in [3.05, 3.63) is 36.1 Å². The van der Waals surface area contributed by atoms with Gasteiger partial charge in [0.1, 0.15) is 11.9 Å². The van der Waals surface area contributed by atoms with Crippen LogP contribution in [0.2, 0.25) is 0 Å². The molecule has 0 spiro atoms. The number of carbonyl (C=O) groups excluding carboxylic acids is 1. The second-order valence-corrected chi connectivity index (χ2v) is 3.05. The van der Waals surface area contributed by atoms with E-state index < -0.39 is 0 Å². The maximum Gasteiger partial charge on any atom is 0.134 e. The zero-order valence-electron chi connectivity index (χ0n) is 7.69. The van der Waals surface area contributed by atoms with Gasteiger partial charge in [0.05, 0.1) is 12.8 Å². The van der Waals surface area contributed by atoms with Gasteiger partial charge in [-0.05, 0) is 6.07 Å². The molecule has 3 heteroatoms. The molecule has 2 rings (SSSR count). The summed E-state index contributed by atoms with van der Waals surface area (Å²) in [5, 5.41) is 4.10. The number of aldehydes is 1. The third-order valence-corrected chi connectivity index (χ3v) is 2.10. The van der Waals surface area contributed by atoms with Crippen LogP contribution in [-0.4, -0.2) is 12.8 Å². The summed E-state index contributed by atoms with van der Waals surface area (Å²) in [7, 11) is 0. The van der Waals surface area contributed by atoms with Gasteiger partial charge in [-0.15, -0.1) is 0 Å². The molecular weight excluding hydrogens is 178 g/mol. The summed E-state index contributed by atoms with van der Waals surface area (Å²) in [6, 6.07) is 7.85. The molecule has 72 valence electrons. The molecule has 0 aliphatic carbocycles. The highest BCUT2D eigenvalue weighted by Gasteiger charge is 2.03. The number of furan rings is 1. The fraction of sp³-hybridized carbons (Fsp3) is 0.182. The molecule has 2 aromatic rings. The quantitative estimate of drug-likeness (QED) is 0.588. The second kappa shape index (κ2) is 4.07. The van der Waals surface area contributed by atoms with E-state index >= 15 is 0 Å². The van der Waals surface area contributed by atoms with Crippen molar-refractivity contribution in [3.63, 3.8) is 0 Å². The molecule has 1 heterocycles. The topological polar surface area (TPSA) is 42.2 Å². The number of benzene rings is 1. The van der Waals surface area contributed by atoms with Gasteiger partial charge in [-0.2, -0.15) is 0 Å². The number of fused-ring (bicyclic) bond motifs is 1.